The first kappa shape index (κ1) is 20.4. The summed E-state index contributed by atoms with van der Waals surface area (Å²) in [5.41, 5.74) is 1.93. The van der Waals surface area contributed by atoms with Gasteiger partial charge in [0.1, 0.15) is 0 Å². The molecule has 1 aliphatic carbocycles. The second-order valence-electron chi connectivity index (χ2n) is 8.78. The van der Waals surface area contributed by atoms with Crippen LogP contribution in [0.2, 0.25) is 0 Å². The lowest BCUT2D eigenvalue weighted by Crippen LogP contribution is -2.29. The van der Waals surface area contributed by atoms with Gasteiger partial charge in [-0.2, -0.15) is 5.10 Å². The minimum atomic E-state index is -0.358. The SMILES string of the molecule is CC(C)n1nc(C(=O)Nc2nc3ccccc3n2C2CCCCC2)c2ccccc2c1=O. The number of fused-ring (bicyclic) bond motifs is 2. The highest BCUT2D eigenvalue weighted by Crippen LogP contribution is 2.34. The van der Waals surface area contributed by atoms with Crippen molar-refractivity contribution in [1.29, 1.82) is 0 Å². The molecule has 7 heteroatoms. The molecule has 1 N–H and O–H groups in total. The maximum atomic E-state index is 13.5. The Morgan fingerprint density at radius 2 is 1.69 bits per heavy atom. The molecule has 164 valence electrons. The van der Waals surface area contributed by atoms with Crippen molar-refractivity contribution in [3.63, 3.8) is 0 Å². The van der Waals surface area contributed by atoms with Crippen molar-refractivity contribution in [2.45, 2.75) is 58.0 Å². The van der Waals surface area contributed by atoms with E-state index in [0.717, 1.165) is 23.9 Å². The normalized spacial score (nSPS) is 15.0. The Bertz CT molecular complexity index is 1360. The highest BCUT2D eigenvalue weighted by Gasteiger charge is 2.24. The summed E-state index contributed by atoms with van der Waals surface area (Å²) in [6.45, 7) is 3.76. The van der Waals surface area contributed by atoms with Crippen molar-refractivity contribution < 1.29 is 4.79 Å². The third kappa shape index (κ3) is 3.47. The van der Waals surface area contributed by atoms with E-state index < -0.39 is 0 Å². The molecule has 32 heavy (non-hydrogen) atoms. The Kier molecular flexibility index (Phi) is 5.25. The number of carbonyl (C=O) groups is 1. The van der Waals surface area contributed by atoms with E-state index in [2.05, 4.69) is 21.0 Å². The molecule has 0 unspecified atom stereocenters. The summed E-state index contributed by atoms with van der Waals surface area (Å²) in [6.07, 6.45) is 5.74. The van der Waals surface area contributed by atoms with Gasteiger partial charge in [0.15, 0.2) is 5.69 Å². The van der Waals surface area contributed by atoms with Gasteiger partial charge in [0.2, 0.25) is 5.95 Å². The van der Waals surface area contributed by atoms with E-state index in [1.54, 1.807) is 18.2 Å². The molecule has 7 nitrogen and oxygen atoms in total. The predicted molar refractivity (Wildman–Crippen MR) is 126 cm³/mol. The van der Waals surface area contributed by atoms with Crippen molar-refractivity contribution >= 4 is 33.7 Å². The maximum Gasteiger partial charge on any atom is 0.279 e. The summed E-state index contributed by atoms with van der Waals surface area (Å²) < 4.78 is 3.55. The highest BCUT2D eigenvalue weighted by atomic mass is 16.2. The van der Waals surface area contributed by atoms with E-state index in [0.29, 0.717) is 22.8 Å². The molecule has 2 aromatic heterocycles. The molecular weight excluding hydrogens is 402 g/mol. The van der Waals surface area contributed by atoms with Gasteiger partial charge in [-0.1, -0.05) is 49.6 Å². The number of para-hydroxylation sites is 2. The van der Waals surface area contributed by atoms with Crippen LogP contribution in [0.5, 0.6) is 0 Å². The first-order valence-corrected chi connectivity index (χ1v) is 11.3. The molecule has 2 aromatic carbocycles. The minimum absolute atomic E-state index is 0.162. The lowest BCUT2D eigenvalue weighted by molar-refractivity contribution is 0.102. The molecular formula is C25H27N5O2. The molecule has 0 atom stereocenters. The van der Waals surface area contributed by atoms with Crippen molar-refractivity contribution in [2.75, 3.05) is 5.32 Å². The number of aromatic nitrogens is 4. The van der Waals surface area contributed by atoms with Crippen LogP contribution in [0.25, 0.3) is 21.8 Å². The van der Waals surface area contributed by atoms with E-state index in [9.17, 15) is 9.59 Å². The lowest BCUT2D eigenvalue weighted by atomic mass is 9.95. The monoisotopic (exact) mass is 429 g/mol. The van der Waals surface area contributed by atoms with Gasteiger partial charge in [-0.25, -0.2) is 9.67 Å². The minimum Gasteiger partial charge on any atom is -0.307 e. The zero-order valence-electron chi connectivity index (χ0n) is 18.4. The van der Waals surface area contributed by atoms with Crippen LogP contribution in [-0.2, 0) is 0 Å². The summed E-state index contributed by atoms with van der Waals surface area (Å²) in [5, 5.41) is 8.51. The van der Waals surface area contributed by atoms with Crippen LogP contribution in [0.15, 0.2) is 53.3 Å². The highest BCUT2D eigenvalue weighted by molar-refractivity contribution is 6.11. The number of anilines is 1. The number of nitrogens with one attached hydrogen (secondary N) is 1. The van der Waals surface area contributed by atoms with E-state index in [1.807, 2.05) is 38.1 Å². The molecule has 5 rings (SSSR count). The third-order valence-corrected chi connectivity index (χ3v) is 6.29. The van der Waals surface area contributed by atoms with Gasteiger partial charge in [0.05, 0.1) is 22.5 Å². The number of amides is 1. The molecule has 0 spiro atoms. The average Bonchev–Trinajstić information content (AvgIpc) is 3.17. The summed E-state index contributed by atoms with van der Waals surface area (Å²) in [5.74, 6) is 0.180. The number of nitrogens with zero attached hydrogens (tertiary/aromatic N) is 4. The van der Waals surface area contributed by atoms with E-state index in [1.165, 1.54) is 23.9 Å². The number of hydrogen-bond donors (Lipinski definition) is 1. The number of hydrogen-bond acceptors (Lipinski definition) is 4. The molecule has 1 saturated carbocycles. The van der Waals surface area contributed by atoms with Crippen LogP contribution in [0, 0.1) is 0 Å². The molecule has 0 radical (unpaired) electrons. The van der Waals surface area contributed by atoms with Crippen LogP contribution in [0.1, 0.15) is 68.5 Å². The Morgan fingerprint density at radius 1 is 1.00 bits per heavy atom. The van der Waals surface area contributed by atoms with Crippen molar-refractivity contribution in [3.8, 4) is 0 Å². The zero-order chi connectivity index (χ0) is 22.2. The van der Waals surface area contributed by atoms with Gasteiger partial charge >= 0.3 is 0 Å². The molecule has 1 aliphatic rings. The first-order valence-electron chi connectivity index (χ1n) is 11.3. The standard InChI is InChI=1S/C25H27N5O2/c1-16(2)30-24(32)19-13-7-6-12-18(19)22(28-30)23(31)27-25-26-20-14-8-9-15-21(20)29(25)17-10-4-3-5-11-17/h6-9,12-17H,3-5,10-11H2,1-2H3,(H,26,27,31). The molecule has 4 aromatic rings. The van der Waals surface area contributed by atoms with Gasteiger partial charge in [-0.15, -0.1) is 0 Å². The molecule has 1 fully saturated rings. The Labute approximate surface area is 186 Å². The number of carbonyl (C=O) groups excluding carboxylic acids is 1. The summed E-state index contributed by atoms with van der Waals surface area (Å²) in [6, 6.07) is 15.3. The maximum absolute atomic E-state index is 13.5. The van der Waals surface area contributed by atoms with Gasteiger partial charge in [0, 0.05) is 11.4 Å². The Hall–Kier alpha value is -3.48. The average molecular weight is 430 g/mol. The quantitative estimate of drug-likeness (QED) is 0.490. The largest absolute Gasteiger partial charge is 0.307 e. The van der Waals surface area contributed by atoms with Crippen LogP contribution in [0.3, 0.4) is 0 Å². The summed E-state index contributed by atoms with van der Waals surface area (Å²) in [7, 11) is 0. The number of rotatable bonds is 4. The molecule has 2 heterocycles. The fourth-order valence-electron chi connectivity index (χ4n) is 4.73. The smallest absolute Gasteiger partial charge is 0.279 e. The predicted octanol–water partition coefficient (Wildman–Crippen LogP) is 5.08. The molecule has 0 bridgehead atoms. The van der Waals surface area contributed by atoms with Crippen molar-refractivity contribution in [2.24, 2.45) is 0 Å². The number of benzene rings is 2. The van der Waals surface area contributed by atoms with Crippen LogP contribution < -0.4 is 10.9 Å². The molecule has 0 aliphatic heterocycles. The Balaban J connectivity index is 1.61. The van der Waals surface area contributed by atoms with Crippen LogP contribution in [-0.4, -0.2) is 25.2 Å². The summed E-state index contributed by atoms with van der Waals surface area (Å²) >= 11 is 0. The van der Waals surface area contributed by atoms with E-state index >= 15 is 0 Å². The van der Waals surface area contributed by atoms with Crippen molar-refractivity contribution in [1.82, 2.24) is 19.3 Å². The number of imidazole rings is 1. The fraction of sp³-hybridized carbons (Fsp3) is 0.360. The fourth-order valence-corrected chi connectivity index (χ4v) is 4.73. The second-order valence-corrected chi connectivity index (χ2v) is 8.78. The lowest BCUT2D eigenvalue weighted by Gasteiger charge is -2.25. The second kappa shape index (κ2) is 8.22. The van der Waals surface area contributed by atoms with Crippen LogP contribution >= 0.6 is 0 Å². The summed E-state index contributed by atoms with van der Waals surface area (Å²) in [4.78, 5) is 31.1. The molecule has 1 amide bonds. The van der Waals surface area contributed by atoms with Gasteiger partial charge in [-0.3, -0.25) is 14.9 Å². The van der Waals surface area contributed by atoms with Crippen LogP contribution in [0.4, 0.5) is 5.95 Å². The zero-order valence-corrected chi connectivity index (χ0v) is 18.4. The van der Waals surface area contributed by atoms with E-state index in [-0.39, 0.29) is 23.2 Å². The third-order valence-electron chi connectivity index (χ3n) is 6.29. The Morgan fingerprint density at radius 3 is 2.44 bits per heavy atom. The van der Waals surface area contributed by atoms with E-state index in [4.69, 9.17) is 4.98 Å². The topological polar surface area (TPSA) is 81.8 Å². The van der Waals surface area contributed by atoms with Gasteiger partial charge < -0.3 is 4.57 Å². The van der Waals surface area contributed by atoms with Gasteiger partial charge in [0.25, 0.3) is 11.5 Å². The van der Waals surface area contributed by atoms with Crippen molar-refractivity contribution in [3.05, 3.63) is 64.6 Å². The van der Waals surface area contributed by atoms with Gasteiger partial charge in [-0.05, 0) is 44.9 Å². The molecule has 0 saturated heterocycles. The first-order chi connectivity index (χ1) is 15.5.